The van der Waals surface area contributed by atoms with Crippen molar-refractivity contribution >= 4 is 32.3 Å². The van der Waals surface area contributed by atoms with E-state index in [0.717, 1.165) is 0 Å². The fourth-order valence-corrected chi connectivity index (χ4v) is 9.30. The highest BCUT2D eigenvalue weighted by Gasteiger charge is 2.36. The van der Waals surface area contributed by atoms with Gasteiger partial charge in [0.2, 0.25) is 0 Å². The number of rotatable bonds is 3. The fraction of sp³-hybridized carbons (Fsp3) is 0.0588. The summed E-state index contributed by atoms with van der Waals surface area (Å²) in [6.07, 6.45) is 0. The fourth-order valence-electron chi connectivity index (χ4n) is 9.30. The molecule has 9 aromatic rings. The Morgan fingerprint density at radius 2 is 0.804 bits per heavy atom. The summed E-state index contributed by atoms with van der Waals surface area (Å²) in [6, 6.07) is 63.6. The minimum atomic E-state index is -0.131. The topological polar surface area (TPSA) is 0 Å². The van der Waals surface area contributed by atoms with Crippen molar-refractivity contribution in [1.82, 2.24) is 0 Å². The van der Waals surface area contributed by atoms with Crippen LogP contribution in [0.1, 0.15) is 25.0 Å². The average molecular weight is 647 g/mol. The molecule has 0 aromatic heterocycles. The quantitative estimate of drug-likeness (QED) is 0.168. The van der Waals surface area contributed by atoms with E-state index in [1.54, 1.807) is 0 Å². The first-order valence-corrected chi connectivity index (χ1v) is 18.0. The second-order valence-corrected chi connectivity index (χ2v) is 14.9. The second kappa shape index (κ2) is 10.4. The van der Waals surface area contributed by atoms with Crippen molar-refractivity contribution in [2.75, 3.05) is 0 Å². The molecule has 0 nitrogen and oxygen atoms in total. The van der Waals surface area contributed by atoms with E-state index in [0.29, 0.717) is 0 Å². The molecule has 0 fully saturated rings. The first-order valence-electron chi connectivity index (χ1n) is 18.0. The van der Waals surface area contributed by atoms with E-state index in [1.165, 1.54) is 110 Å². The molecule has 0 aliphatic heterocycles. The van der Waals surface area contributed by atoms with Gasteiger partial charge in [-0.25, -0.2) is 0 Å². The van der Waals surface area contributed by atoms with Crippen LogP contribution in [0.25, 0.3) is 99.1 Å². The van der Waals surface area contributed by atoms with Crippen molar-refractivity contribution in [1.29, 1.82) is 0 Å². The largest absolute Gasteiger partial charge is 0.0616 e. The molecule has 0 atom stereocenters. The number of hydrogen-bond donors (Lipinski definition) is 0. The van der Waals surface area contributed by atoms with E-state index >= 15 is 0 Å². The lowest BCUT2D eigenvalue weighted by atomic mass is 9.80. The van der Waals surface area contributed by atoms with Gasteiger partial charge in [-0.3, -0.25) is 0 Å². The average Bonchev–Trinajstić information content (AvgIpc) is 3.63. The molecule has 0 amide bonds. The van der Waals surface area contributed by atoms with Crippen LogP contribution in [0.5, 0.6) is 0 Å². The molecule has 11 rings (SSSR count). The Labute approximate surface area is 298 Å². The molecule has 51 heavy (non-hydrogen) atoms. The van der Waals surface area contributed by atoms with Crippen LogP contribution in [0.3, 0.4) is 0 Å². The Balaban J connectivity index is 0.998. The molecule has 0 spiro atoms. The molecule has 238 valence electrons. The van der Waals surface area contributed by atoms with Crippen molar-refractivity contribution in [3.8, 4) is 66.8 Å². The van der Waals surface area contributed by atoms with Gasteiger partial charge in [0, 0.05) is 5.41 Å². The van der Waals surface area contributed by atoms with E-state index in [4.69, 9.17) is 0 Å². The maximum Gasteiger partial charge on any atom is 0.0159 e. The van der Waals surface area contributed by atoms with Crippen LogP contribution in [0, 0.1) is 0 Å². The number of fused-ring (bicyclic) bond motifs is 9. The Hall–Kier alpha value is -6.24. The maximum absolute atomic E-state index is 2.46. The summed E-state index contributed by atoms with van der Waals surface area (Å²) < 4.78 is 0. The van der Waals surface area contributed by atoms with Crippen LogP contribution < -0.4 is 0 Å². The first-order chi connectivity index (χ1) is 25.0. The SMILES string of the molecule is CC1(C)c2cc(-c3cccc(-c4ccc5c6c(cccc46)-c4ccccc4-5)c3)ccc2-c2ccc(-c3cc4ccccc4c4ccccc34)cc21. The molecule has 9 aromatic carbocycles. The highest BCUT2D eigenvalue weighted by molar-refractivity contribution is 6.19. The third-order valence-corrected chi connectivity index (χ3v) is 11.8. The molecule has 0 unspecified atom stereocenters. The summed E-state index contributed by atoms with van der Waals surface area (Å²) in [5.74, 6) is 0. The molecule has 0 bridgehead atoms. The van der Waals surface area contributed by atoms with Gasteiger partial charge < -0.3 is 0 Å². The van der Waals surface area contributed by atoms with Gasteiger partial charge in [0.15, 0.2) is 0 Å². The number of benzene rings is 9. The molecule has 0 heteroatoms. The normalized spacial score (nSPS) is 13.5. The summed E-state index contributed by atoms with van der Waals surface area (Å²) in [7, 11) is 0. The highest BCUT2D eigenvalue weighted by Crippen LogP contribution is 2.52. The van der Waals surface area contributed by atoms with Gasteiger partial charge in [-0.05, 0) is 134 Å². The van der Waals surface area contributed by atoms with Crippen LogP contribution in [-0.4, -0.2) is 0 Å². The monoisotopic (exact) mass is 646 g/mol. The van der Waals surface area contributed by atoms with Gasteiger partial charge in [-0.1, -0.05) is 159 Å². The minimum absolute atomic E-state index is 0.131. The van der Waals surface area contributed by atoms with Crippen molar-refractivity contribution < 1.29 is 0 Å². The van der Waals surface area contributed by atoms with E-state index in [-0.39, 0.29) is 5.41 Å². The summed E-state index contributed by atoms with van der Waals surface area (Å²) in [4.78, 5) is 0. The lowest BCUT2D eigenvalue weighted by Crippen LogP contribution is -2.15. The van der Waals surface area contributed by atoms with Gasteiger partial charge in [0.05, 0.1) is 0 Å². The van der Waals surface area contributed by atoms with Gasteiger partial charge >= 0.3 is 0 Å². The maximum atomic E-state index is 2.46. The molecular weight excluding hydrogens is 613 g/mol. The molecule has 0 N–H and O–H groups in total. The Bertz CT molecular complexity index is 2910. The molecule has 0 radical (unpaired) electrons. The molecule has 2 aliphatic rings. The van der Waals surface area contributed by atoms with Gasteiger partial charge in [0.1, 0.15) is 0 Å². The zero-order valence-electron chi connectivity index (χ0n) is 28.7. The highest BCUT2D eigenvalue weighted by atomic mass is 14.4. The summed E-state index contributed by atoms with van der Waals surface area (Å²) in [6.45, 7) is 4.79. The van der Waals surface area contributed by atoms with Crippen molar-refractivity contribution in [3.05, 3.63) is 181 Å². The zero-order valence-corrected chi connectivity index (χ0v) is 28.7. The lowest BCUT2D eigenvalue weighted by molar-refractivity contribution is 0.661. The van der Waals surface area contributed by atoms with E-state index in [1.807, 2.05) is 0 Å². The van der Waals surface area contributed by atoms with Crippen LogP contribution in [0.2, 0.25) is 0 Å². The van der Waals surface area contributed by atoms with Gasteiger partial charge in [0.25, 0.3) is 0 Å². The Morgan fingerprint density at radius 1 is 0.294 bits per heavy atom. The zero-order chi connectivity index (χ0) is 33.8. The van der Waals surface area contributed by atoms with Crippen LogP contribution >= 0.6 is 0 Å². The summed E-state index contributed by atoms with van der Waals surface area (Å²) in [5, 5.41) is 7.89. The van der Waals surface area contributed by atoms with Crippen molar-refractivity contribution in [3.63, 3.8) is 0 Å². The van der Waals surface area contributed by atoms with E-state index in [2.05, 4.69) is 184 Å². The van der Waals surface area contributed by atoms with Crippen LogP contribution in [0.15, 0.2) is 170 Å². The predicted octanol–water partition coefficient (Wildman–Crippen LogP) is 14.1. The smallest absolute Gasteiger partial charge is 0.0159 e. The van der Waals surface area contributed by atoms with Gasteiger partial charge in [-0.2, -0.15) is 0 Å². The third kappa shape index (κ3) is 4.02. The second-order valence-electron chi connectivity index (χ2n) is 14.9. The van der Waals surface area contributed by atoms with Gasteiger partial charge in [-0.15, -0.1) is 0 Å². The standard InChI is InChI=1S/C51H34/c1-51(2)48-29-32(31-12-9-13-33(27-31)37-25-26-46-40-17-7-6-16-39(40)45-20-10-19-44(37)50(45)46)21-23-42(48)43-24-22-35(30-49(43)51)47-28-34-11-3-4-14-36(34)38-15-5-8-18-41(38)47/h3-30H,1-2H3. The molecule has 0 saturated heterocycles. The molecule has 0 saturated carbocycles. The first kappa shape index (κ1) is 28.6. The van der Waals surface area contributed by atoms with Crippen molar-refractivity contribution in [2.45, 2.75) is 19.3 Å². The molecular formula is C51H34. The Kier molecular flexibility index (Phi) is 5.82. The van der Waals surface area contributed by atoms with Crippen LogP contribution in [-0.2, 0) is 5.41 Å². The summed E-state index contributed by atoms with van der Waals surface area (Å²) >= 11 is 0. The molecule has 0 heterocycles. The number of hydrogen-bond acceptors (Lipinski definition) is 0. The Morgan fingerprint density at radius 3 is 1.61 bits per heavy atom. The summed E-state index contributed by atoms with van der Waals surface area (Å²) in [5.41, 5.74) is 18.3. The minimum Gasteiger partial charge on any atom is -0.0616 e. The van der Waals surface area contributed by atoms with E-state index < -0.39 is 0 Å². The van der Waals surface area contributed by atoms with Crippen molar-refractivity contribution in [2.24, 2.45) is 0 Å². The molecule has 2 aliphatic carbocycles. The predicted molar refractivity (Wildman–Crippen MR) is 217 cm³/mol. The lowest BCUT2D eigenvalue weighted by Gasteiger charge is -2.23. The van der Waals surface area contributed by atoms with E-state index in [9.17, 15) is 0 Å². The van der Waals surface area contributed by atoms with Crippen LogP contribution in [0.4, 0.5) is 0 Å². The third-order valence-electron chi connectivity index (χ3n) is 11.8.